The van der Waals surface area contributed by atoms with Gasteiger partial charge in [-0.15, -0.1) is 0 Å². The van der Waals surface area contributed by atoms with Gasteiger partial charge in [0.25, 0.3) is 5.69 Å². The number of aryl methyl sites for hydroxylation is 2. The van der Waals surface area contributed by atoms with Crippen molar-refractivity contribution < 1.29 is 14.5 Å². The van der Waals surface area contributed by atoms with Gasteiger partial charge in [-0.3, -0.25) is 14.9 Å². The molecule has 7 nitrogen and oxygen atoms in total. The molecular formula is C14H19N3O4. The van der Waals surface area contributed by atoms with Crippen molar-refractivity contribution in [2.24, 2.45) is 5.73 Å². The lowest BCUT2D eigenvalue weighted by Gasteiger charge is -2.32. The van der Waals surface area contributed by atoms with Gasteiger partial charge in [0.1, 0.15) is 5.54 Å². The van der Waals surface area contributed by atoms with Crippen LogP contribution in [0.3, 0.4) is 0 Å². The summed E-state index contributed by atoms with van der Waals surface area (Å²) in [4.78, 5) is 22.8. The Hall–Kier alpha value is -1.99. The quantitative estimate of drug-likeness (QED) is 0.651. The van der Waals surface area contributed by atoms with Gasteiger partial charge in [-0.1, -0.05) is 0 Å². The topological polar surface area (TPSA) is 107 Å². The Morgan fingerprint density at radius 3 is 2.52 bits per heavy atom. The normalized spacial score (nSPS) is 17.3. The number of nitro groups is 1. The maximum Gasteiger partial charge on any atom is 0.272 e. The summed E-state index contributed by atoms with van der Waals surface area (Å²) in [7, 11) is 0. The van der Waals surface area contributed by atoms with Gasteiger partial charge >= 0.3 is 0 Å². The third-order valence-corrected chi connectivity index (χ3v) is 3.83. The third kappa shape index (κ3) is 3.20. The predicted octanol–water partition coefficient (Wildman–Crippen LogP) is 1.66. The first-order valence-electron chi connectivity index (χ1n) is 6.77. The zero-order chi connectivity index (χ0) is 15.6. The maximum atomic E-state index is 12.3. The standard InChI is InChI=1S/C14H19N3O4/c1-9-8-12(17(19)20)10(2)7-11(9)16-13(18)14(15)3-5-21-6-4-14/h7-8H,3-6,15H2,1-2H3,(H,16,18). The Morgan fingerprint density at radius 1 is 1.33 bits per heavy atom. The van der Waals surface area contributed by atoms with Crippen molar-refractivity contribution in [2.75, 3.05) is 18.5 Å². The lowest BCUT2D eigenvalue weighted by atomic mass is 9.90. The Morgan fingerprint density at radius 2 is 1.95 bits per heavy atom. The van der Waals surface area contributed by atoms with Crippen molar-refractivity contribution >= 4 is 17.3 Å². The summed E-state index contributed by atoms with van der Waals surface area (Å²) in [5, 5.41) is 13.7. The molecular weight excluding hydrogens is 274 g/mol. The van der Waals surface area contributed by atoms with Crippen LogP contribution in [0.1, 0.15) is 24.0 Å². The fourth-order valence-electron chi connectivity index (χ4n) is 2.34. The van der Waals surface area contributed by atoms with E-state index in [9.17, 15) is 14.9 Å². The molecule has 0 bridgehead atoms. The van der Waals surface area contributed by atoms with E-state index in [0.717, 1.165) is 0 Å². The number of carbonyl (C=O) groups excluding carboxylic acids is 1. The smallest absolute Gasteiger partial charge is 0.272 e. The van der Waals surface area contributed by atoms with Gasteiger partial charge < -0.3 is 15.8 Å². The highest BCUT2D eigenvalue weighted by atomic mass is 16.6. The number of anilines is 1. The van der Waals surface area contributed by atoms with Crippen LogP contribution >= 0.6 is 0 Å². The summed E-state index contributed by atoms with van der Waals surface area (Å²) in [6.07, 6.45) is 0.924. The number of carbonyl (C=O) groups is 1. The molecule has 0 radical (unpaired) electrons. The molecule has 3 N–H and O–H groups in total. The van der Waals surface area contributed by atoms with E-state index in [-0.39, 0.29) is 11.6 Å². The van der Waals surface area contributed by atoms with Crippen LogP contribution in [0.25, 0.3) is 0 Å². The second kappa shape index (κ2) is 5.79. The molecule has 114 valence electrons. The SMILES string of the molecule is Cc1cc([N+](=O)[O-])c(C)cc1NC(=O)C1(N)CCOCC1. The van der Waals surface area contributed by atoms with E-state index in [1.807, 2.05) is 0 Å². The van der Waals surface area contributed by atoms with Crippen molar-refractivity contribution in [3.8, 4) is 0 Å². The number of nitrogens with two attached hydrogens (primary N) is 1. The molecule has 0 spiro atoms. The van der Waals surface area contributed by atoms with Gasteiger partial charge in [-0.2, -0.15) is 0 Å². The molecule has 1 fully saturated rings. The third-order valence-electron chi connectivity index (χ3n) is 3.83. The monoisotopic (exact) mass is 293 g/mol. The van der Waals surface area contributed by atoms with Gasteiger partial charge in [0.05, 0.1) is 4.92 Å². The van der Waals surface area contributed by atoms with E-state index >= 15 is 0 Å². The number of hydrogen-bond donors (Lipinski definition) is 2. The molecule has 1 aliphatic heterocycles. The summed E-state index contributed by atoms with van der Waals surface area (Å²) in [6.45, 7) is 4.28. The van der Waals surface area contributed by atoms with Crippen LogP contribution in [-0.4, -0.2) is 29.6 Å². The van der Waals surface area contributed by atoms with E-state index in [2.05, 4.69) is 5.32 Å². The van der Waals surface area contributed by atoms with Crippen LogP contribution in [0.5, 0.6) is 0 Å². The zero-order valence-corrected chi connectivity index (χ0v) is 12.1. The van der Waals surface area contributed by atoms with Crippen LogP contribution in [-0.2, 0) is 9.53 Å². The number of nitro benzene ring substituents is 1. The van der Waals surface area contributed by atoms with E-state index in [1.165, 1.54) is 6.07 Å². The Bertz CT molecular complexity index is 580. The highest BCUT2D eigenvalue weighted by molar-refractivity contribution is 5.98. The Labute approximate surface area is 122 Å². The number of benzene rings is 1. The van der Waals surface area contributed by atoms with Crippen molar-refractivity contribution in [1.29, 1.82) is 0 Å². The molecule has 1 saturated heterocycles. The molecule has 21 heavy (non-hydrogen) atoms. The number of amides is 1. The van der Waals surface area contributed by atoms with Gasteiger partial charge in [0.15, 0.2) is 0 Å². The molecule has 0 atom stereocenters. The molecule has 1 aliphatic rings. The van der Waals surface area contributed by atoms with Gasteiger partial charge in [0.2, 0.25) is 5.91 Å². The Balaban J connectivity index is 2.21. The van der Waals surface area contributed by atoms with Crippen LogP contribution < -0.4 is 11.1 Å². The fraction of sp³-hybridized carbons (Fsp3) is 0.500. The largest absolute Gasteiger partial charge is 0.381 e. The Kier molecular flexibility index (Phi) is 4.24. The molecule has 1 amide bonds. The van der Waals surface area contributed by atoms with Crippen molar-refractivity contribution in [1.82, 2.24) is 0 Å². The second-order valence-electron chi connectivity index (χ2n) is 5.43. The average Bonchev–Trinajstić information content (AvgIpc) is 2.43. The van der Waals surface area contributed by atoms with Crippen molar-refractivity contribution in [3.63, 3.8) is 0 Å². The second-order valence-corrected chi connectivity index (χ2v) is 5.43. The summed E-state index contributed by atoms with van der Waals surface area (Å²) < 4.78 is 5.22. The summed E-state index contributed by atoms with van der Waals surface area (Å²) in [6, 6.07) is 3.06. The van der Waals surface area contributed by atoms with E-state index in [0.29, 0.717) is 42.9 Å². The lowest BCUT2D eigenvalue weighted by Crippen LogP contribution is -2.54. The first-order valence-corrected chi connectivity index (χ1v) is 6.77. The summed E-state index contributed by atoms with van der Waals surface area (Å²) >= 11 is 0. The molecule has 1 aromatic carbocycles. The highest BCUT2D eigenvalue weighted by Crippen LogP contribution is 2.27. The van der Waals surface area contributed by atoms with E-state index in [4.69, 9.17) is 10.5 Å². The van der Waals surface area contributed by atoms with Crippen LogP contribution in [0.4, 0.5) is 11.4 Å². The highest BCUT2D eigenvalue weighted by Gasteiger charge is 2.36. The molecule has 2 rings (SSSR count). The maximum absolute atomic E-state index is 12.3. The number of hydrogen-bond acceptors (Lipinski definition) is 5. The summed E-state index contributed by atoms with van der Waals surface area (Å²) in [5.74, 6) is -0.276. The van der Waals surface area contributed by atoms with Crippen LogP contribution in [0.2, 0.25) is 0 Å². The average molecular weight is 293 g/mol. The molecule has 7 heteroatoms. The summed E-state index contributed by atoms with van der Waals surface area (Å²) in [5.41, 5.74) is 6.90. The zero-order valence-electron chi connectivity index (χ0n) is 12.1. The number of ether oxygens (including phenoxy) is 1. The first-order chi connectivity index (χ1) is 9.83. The van der Waals surface area contributed by atoms with E-state index in [1.54, 1.807) is 19.9 Å². The molecule has 1 heterocycles. The van der Waals surface area contributed by atoms with Gasteiger partial charge in [0, 0.05) is 30.5 Å². The molecule has 1 aromatic rings. The predicted molar refractivity (Wildman–Crippen MR) is 78.2 cm³/mol. The minimum absolute atomic E-state index is 0.0408. The fourth-order valence-corrected chi connectivity index (χ4v) is 2.34. The number of nitrogens with zero attached hydrogens (tertiary/aromatic N) is 1. The number of nitrogens with one attached hydrogen (secondary N) is 1. The minimum Gasteiger partial charge on any atom is -0.381 e. The molecule has 0 unspecified atom stereocenters. The molecule has 0 saturated carbocycles. The molecule has 0 aliphatic carbocycles. The number of rotatable bonds is 3. The van der Waals surface area contributed by atoms with Crippen LogP contribution in [0, 0.1) is 24.0 Å². The lowest BCUT2D eigenvalue weighted by molar-refractivity contribution is -0.385. The van der Waals surface area contributed by atoms with Gasteiger partial charge in [-0.05, 0) is 38.3 Å². The van der Waals surface area contributed by atoms with Gasteiger partial charge in [-0.25, -0.2) is 0 Å². The van der Waals surface area contributed by atoms with Crippen molar-refractivity contribution in [2.45, 2.75) is 32.2 Å². The van der Waals surface area contributed by atoms with E-state index < -0.39 is 10.5 Å². The molecule has 0 aromatic heterocycles. The van der Waals surface area contributed by atoms with Crippen LogP contribution in [0.15, 0.2) is 12.1 Å². The first kappa shape index (κ1) is 15.4. The van der Waals surface area contributed by atoms with Crippen molar-refractivity contribution in [3.05, 3.63) is 33.4 Å². The minimum atomic E-state index is -0.944.